The predicted octanol–water partition coefficient (Wildman–Crippen LogP) is 3.96. The number of hydrogen-bond acceptors (Lipinski definition) is 7. The van der Waals surface area contributed by atoms with E-state index in [1.165, 1.54) is 0 Å². The van der Waals surface area contributed by atoms with Crippen LogP contribution in [0.4, 0.5) is 0 Å². The number of rotatable bonds is 7. The van der Waals surface area contributed by atoms with E-state index in [1.807, 2.05) is 11.5 Å². The van der Waals surface area contributed by atoms with Gasteiger partial charge in [0.15, 0.2) is 15.5 Å². The zero-order valence-electron chi connectivity index (χ0n) is 20.3. The molecule has 37 heavy (non-hydrogen) atoms. The number of hydrogen-bond donors (Lipinski definition) is 1. The molecular weight excluding hydrogens is 539 g/mol. The van der Waals surface area contributed by atoms with Crippen LogP contribution in [0.15, 0.2) is 42.5 Å². The Labute approximate surface area is 225 Å². The fourth-order valence-corrected chi connectivity index (χ4v) is 5.77. The largest absolute Gasteiger partial charge is 0.462 e. The third kappa shape index (κ3) is 5.98. The number of nitrogens with one attached hydrogen (secondary N) is 1. The van der Waals surface area contributed by atoms with Crippen molar-refractivity contribution in [2.45, 2.75) is 20.3 Å². The minimum Gasteiger partial charge on any atom is -0.462 e. The topological polar surface area (TPSA) is 111 Å². The second-order valence-corrected chi connectivity index (χ2v) is 11.5. The molecule has 0 atom stereocenters. The Bertz CT molecular complexity index is 1420. The van der Waals surface area contributed by atoms with Crippen LogP contribution in [0.25, 0.3) is 17.1 Å². The molecule has 0 aliphatic carbocycles. The lowest BCUT2D eigenvalue weighted by atomic mass is 10.1. The van der Waals surface area contributed by atoms with Crippen molar-refractivity contribution < 1.29 is 22.7 Å². The Morgan fingerprint density at radius 1 is 1.05 bits per heavy atom. The van der Waals surface area contributed by atoms with Gasteiger partial charge in [-0.05, 0) is 55.8 Å². The first-order chi connectivity index (χ1) is 17.6. The van der Waals surface area contributed by atoms with Crippen molar-refractivity contribution in [1.29, 1.82) is 0 Å². The number of hydrazine groups is 1. The fraction of sp³-hybridized carbons (Fsp3) is 0.320. The third-order valence-electron chi connectivity index (χ3n) is 5.94. The number of imidazole rings is 1. The first kappa shape index (κ1) is 27.1. The van der Waals surface area contributed by atoms with Gasteiger partial charge in [0.1, 0.15) is 5.82 Å². The van der Waals surface area contributed by atoms with Crippen LogP contribution in [0.5, 0.6) is 0 Å². The molecule has 2 aromatic carbocycles. The van der Waals surface area contributed by atoms with Crippen molar-refractivity contribution in [3.63, 3.8) is 0 Å². The average molecular weight is 565 g/mol. The SMILES string of the molecule is CCOC(=O)c1ccc(-n2c(-c3ccc(Cl)cc3Cl)nc(C(=O)NN3CCS(=O)(=O)CC3)c2CC)cc1. The first-order valence-electron chi connectivity index (χ1n) is 11.7. The first-order valence-corrected chi connectivity index (χ1v) is 14.3. The number of amides is 1. The van der Waals surface area contributed by atoms with Gasteiger partial charge in [-0.25, -0.2) is 23.2 Å². The molecule has 1 aliphatic rings. The number of esters is 1. The van der Waals surface area contributed by atoms with Crippen LogP contribution in [0.3, 0.4) is 0 Å². The second kappa shape index (κ2) is 11.2. The van der Waals surface area contributed by atoms with Crippen LogP contribution in [0.2, 0.25) is 10.0 Å². The molecule has 196 valence electrons. The van der Waals surface area contributed by atoms with Crippen molar-refractivity contribution in [3.8, 4) is 17.1 Å². The van der Waals surface area contributed by atoms with Crippen LogP contribution in [0, 0.1) is 0 Å². The van der Waals surface area contributed by atoms with Crippen LogP contribution in [0.1, 0.15) is 40.4 Å². The van der Waals surface area contributed by atoms with Crippen molar-refractivity contribution in [3.05, 3.63) is 69.5 Å². The Hall–Kier alpha value is -2.92. The summed E-state index contributed by atoms with van der Waals surface area (Å²) in [7, 11) is -3.10. The van der Waals surface area contributed by atoms with E-state index in [1.54, 1.807) is 54.4 Å². The number of halogens is 2. The molecule has 0 radical (unpaired) electrons. The molecule has 1 aliphatic heterocycles. The Morgan fingerprint density at radius 2 is 1.73 bits per heavy atom. The normalized spacial score (nSPS) is 15.4. The van der Waals surface area contributed by atoms with Crippen molar-refractivity contribution in [2.75, 3.05) is 31.2 Å². The van der Waals surface area contributed by atoms with Crippen LogP contribution >= 0.6 is 23.2 Å². The number of nitrogens with zero attached hydrogens (tertiary/aromatic N) is 3. The summed E-state index contributed by atoms with van der Waals surface area (Å²) >= 11 is 12.6. The van der Waals surface area contributed by atoms with E-state index in [9.17, 15) is 18.0 Å². The molecule has 0 unspecified atom stereocenters. The summed E-state index contributed by atoms with van der Waals surface area (Å²) in [6.45, 7) is 4.30. The standard InChI is InChI=1S/C25H26Cl2N4O5S/c1-3-21-22(24(32)29-30-11-13-37(34,35)14-12-30)28-23(19-10-7-17(26)15-20(19)27)31(21)18-8-5-16(6-9-18)25(33)36-4-2/h5-10,15H,3-4,11-14H2,1-2H3,(H,29,32). The monoisotopic (exact) mass is 564 g/mol. The van der Waals surface area contributed by atoms with Gasteiger partial charge in [-0.2, -0.15) is 0 Å². The highest BCUT2D eigenvalue weighted by atomic mass is 35.5. The lowest BCUT2D eigenvalue weighted by Crippen LogP contribution is -2.50. The summed E-state index contributed by atoms with van der Waals surface area (Å²) in [5.41, 5.74) is 5.23. The Morgan fingerprint density at radius 3 is 2.32 bits per heavy atom. The van der Waals surface area contributed by atoms with Crippen LogP contribution < -0.4 is 5.43 Å². The molecule has 0 spiro atoms. The molecule has 1 amide bonds. The number of carbonyl (C=O) groups is 2. The fourth-order valence-electron chi connectivity index (χ4n) is 4.07. The van der Waals surface area contributed by atoms with E-state index in [0.717, 1.165) is 0 Å². The van der Waals surface area contributed by atoms with Crippen molar-refractivity contribution in [2.24, 2.45) is 0 Å². The van der Waals surface area contributed by atoms with Gasteiger partial charge < -0.3 is 4.74 Å². The van der Waals surface area contributed by atoms with Gasteiger partial charge >= 0.3 is 5.97 Å². The summed E-state index contributed by atoms with van der Waals surface area (Å²) in [6, 6.07) is 11.8. The summed E-state index contributed by atoms with van der Waals surface area (Å²) in [5.74, 6) is -0.514. The minimum atomic E-state index is -3.10. The zero-order chi connectivity index (χ0) is 26.7. The van der Waals surface area contributed by atoms with Gasteiger partial charge in [0.25, 0.3) is 5.91 Å². The number of sulfone groups is 1. The van der Waals surface area contributed by atoms with E-state index in [-0.39, 0.29) is 36.9 Å². The summed E-state index contributed by atoms with van der Waals surface area (Å²) in [5, 5.41) is 2.40. The zero-order valence-corrected chi connectivity index (χ0v) is 22.7. The highest BCUT2D eigenvalue weighted by Gasteiger charge is 2.28. The third-order valence-corrected chi connectivity index (χ3v) is 8.09. The molecule has 0 bridgehead atoms. The maximum absolute atomic E-state index is 13.3. The number of carbonyl (C=O) groups excluding carboxylic acids is 2. The minimum absolute atomic E-state index is 0.0270. The molecule has 2 heterocycles. The number of aromatic nitrogens is 2. The Kier molecular flexibility index (Phi) is 8.23. The summed E-state index contributed by atoms with van der Waals surface area (Å²) in [4.78, 5) is 30.2. The lowest BCUT2D eigenvalue weighted by Gasteiger charge is -2.26. The van der Waals surface area contributed by atoms with Gasteiger partial charge in [-0.1, -0.05) is 30.1 Å². The van der Waals surface area contributed by atoms with Gasteiger partial charge in [-0.15, -0.1) is 0 Å². The molecule has 9 nitrogen and oxygen atoms in total. The number of ether oxygens (including phenoxy) is 1. The van der Waals surface area contributed by atoms with Gasteiger partial charge in [0.2, 0.25) is 0 Å². The van der Waals surface area contributed by atoms with E-state index in [2.05, 4.69) is 10.4 Å². The molecule has 0 saturated carbocycles. The Balaban J connectivity index is 1.78. The molecule has 3 aromatic rings. The summed E-state index contributed by atoms with van der Waals surface area (Å²) in [6.07, 6.45) is 0.453. The lowest BCUT2D eigenvalue weighted by molar-refractivity contribution is 0.0526. The van der Waals surface area contributed by atoms with E-state index in [4.69, 9.17) is 27.9 Å². The van der Waals surface area contributed by atoms with Crippen LogP contribution in [-0.2, 0) is 21.0 Å². The van der Waals surface area contributed by atoms with Gasteiger partial charge in [0.05, 0.1) is 34.4 Å². The molecule has 1 fully saturated rings. The van der Waals surface area contributed by atoms with Crippen molar-refractivity contribution >= 4 is 44.9 Å². The van der Waals surface area contributed by atoms with Gasteiger partial charge in [-0.3, -0.25) is 14.8 Å². The second-order valence-electron chi connectivity index (χ2n) is 8.39. The molecule has 1 saturated heterocycles. The molecule has 1 aromatic heterocycles. The maximum atomic E-state index is 13.3. The predicted molar refractivity (Wildman–Crippen MR) is 142 cm³/mol. The van der Waals surface area contributed by atoms with Gasteiger partial charge in [0, 0.05) is 29.4 Å². The quantitative estimate of drug-likeness (QED) is 0.432. The van der Waals surface area contributed by atoms with Crippen LogP contribution in [-0.4, -0.2) is 66.1 Å². The van der Waals surface area contributed by atoms with E-state index >= 15 is 0 Å². The highest BCUT2D eigenvalue weighted by molar-refractivity contribution is 7.91. The molecular formula is C25H26Cl2N4O5S. The van der Waals surface area contributed by atoms with E-state index in [0.29, 0.717) is 44.8 Å². The smallest absolute Gasteiger partial charge is 0.338 e. The number of benzene rings is 2. The summed E-state index contributed by atoms with van der Waals surface area (Å²) < 4.78 is 30.4. The molecule has 1 N–H and O–H groups in total. The molecule has 4 rings (SSSR count). The van der Waals surface area contributed by atoms with E-state index < -0.39 is 21.7 Å². The molecule has 12 heteroatoms. The van der Waals surface area contributed by atoms with Crippen molar-refractivity contribution in [1.82, 2.24) is 20.0 Å². The maximum Gasteiger partial charge on any atom is 0.338 e. The average Bonchev–Trinajstić information content (AvgIpc) is 3.25. The highest BCUT2D eigenvalue weighted by Crippen LogP contribution is 2.33.